The molecule has 4 heteroatoms. The highest BCUT2D eigenvalue weighted by molar-refractivity contribution is 5.81. The first kappa shape index (κ1) is 14.0. The SMILES string of the molecule is C[C@H](N)C(=O)NC(c1ccccc1F)C1CCCC1. The quantitative estimate of drug-likeness (QED) is 0.878. The van der Waals surface area contributed by atoms with Gasteiger partial charge >= 0.3 is 0 Å². The largest absolute Gasteiger partial charge is 0.348 e. The van der Waals surface area contributed by atoms with Crippen LogP contribution in [0.15, 0.2) is 24.3 Å². The van der Waals surface area contributed by atoms with Gasteiger partial charge in [0, 0.05) is 5.56 Å². The number of nitrogens with one attached hydrogen (secondary N) is 1. The number of rotatable bonds is 4. The molecule has 0 aromatic heterocycles. The highest BCUT2D eigenvalue weighted by atomic mass is 19.1. The maximum Gasteiger partial charge on any atom is 0.237 e. The van der Waals surface area contributed by atoms with Gasteiger partial charge in [-0.3, -0.25) is 4.79 Å². The van der Waals surface area contributed by atoms with E-state index in [0.29, 0.717) is 11.5 Å². The van der Waals surface area contributed by atoms with Gasteiger partial charge in [-0.1, -0.05) is 31.0 Å². The first-order valence-corrected chi connectivity index (χ1v) is 6.90. The molecule has 1 aliphatic carbocycles. The number of hydrogen-bond donors (Lipinski definition) is 2. The second-order valence-electron chi connectivity index (χ2n) is 5.34. The minimum Gasteiger partial charge on any atom is -0.348 e. The molecule has 0 heterocycles. The number of benzene rings is 1. The van der Waals surface area contributed by atoms with Crippen molar-refractivity contribution in [3.8, 4) is 0 Å². The van der Waals surface area contributed by atoms with Crippen LogP contribution in [0.25, 0.3) is 0 Å². The molecule has 0 aliphatic heterocycles. The number of halogens is 1. The predicted molar refractivity (Wildman–Crippen MR) is 72.9 cm³/mol. The van der Waals surface area contributed by atoms with Crippen LogP contribution in [-0.4, -0.2) is 11.9 Å². The summed E-state index contributed by atoms with van der Waals surface area (Å²) in [4.78, 5) is 11.8. The van der Waals surface area contributed by atoms with Crippen LogP contribution in [0.3, 0.4) is 0 Å². The van der Waals surface area contributed by atoms with E-state index in [1.165, 1.54) is 6.07 Å². The summed E-state index contributed by atoms with van der Waals surface area (Å²) in [7, 11) is 0. The summed E-state index contributed by atoms with van der Waals surface area (Å²) in [6.45, 7) is 1.64. The number of carbonyl (C=O) groups is 1. The molecule has 0 bridgehead atoms. The summed E-state index contributed by atoms with van der Waals surface area (Å²) in [5.41, 5.74) is 6.17. The van der Waals surface area contributed by atoms with Crippen LogP contribution in [0.2, 0.25) is 0 Å². The van der Waals surface area contributed by atoms with Gasteiger partial charge in [-0.25, -0.2) is 4.39 Å². The van der Waals surface area contributed by atoms with Crippen LogP contribution in [0.4, 0.5) is 4.39 Å². The van der Waals surface area contributed by atoms with Gasteiger partial charge in [-0.2, -0.15) is 0 Å². The Morgan fingerprint density at radius 3 is 2.58 bits per heavy atom. The van der Waals surface area contributed by atoms with Crippen molar-refractivity contribution in [2.75, 3.05) is 0 Å². The number of nitrogens with two attached hydrogens (primary N) is 1. The second-order valence-corrected chi connectivity index (χ2v) is 5.34. The van der Waals surface area contributed by atoms with Crippen LogP contribution in [0, 0.1) is 11.7 Å². The summed E-state index contributed by atoms with van der Waals surface area (Å²) < 4.78 is 14.0. The molecule has 2 rings (SSSR count). The molecule has 1 aliphatic rings. The average molecular weight is 264 g/mol. The smallest absolute Gasteiger partial charge is 0.237 e. The van der Waals surface area contributed by atoms with Gasteiger partial charge in [0.1, 0.15) is 5.82 Å². The van der Waals surface area contributed by atoms with Crippen LogP contribution < -0.4 is 11.1 Å². The van der Waals surface area contributed by atoms with E-state index in [2.05, 4.69) is 5.32 Å². The standard InChI is InChI=1S/C15H21FN2O/c1-10(17)15(19)18-14(11-6-2-3-7-11)12-8-4-5-9-13(12)16/h4-5,8-11,14H,2-3,6-7,17H2,1H3,(H,18,19)/t10-,14?/m0/s1. The molecule has 1 amide bonds. The third kappa shape index (κ3) is 3.32. The Morgan fingerprint density at radius 2 is 2.00 bits per heavy atom. The Labute approximate surface area is 113 Å². The van der Waals surface area contributed by atoms with Gasteiger partial charge in [0.25, 0.3) is 0 Å². The van der Waals surface area contributed by atoms with Crippen LogP contribution in [0.5, 0.6) is 0 Å². The van der Waals surface area contributed by atoms with Crippen molar-refractivity contribution < 1.29 is 9.18 Å². The fourth-order valence-electron chi connectivity index (χ4n) is 2.75. The van der Waals surface area contributed by atoms with Gasteiger partial charge in [-0.05, 0) is 31.7 Å². The van der Waals surface area contributed by atoms with Crippen molar-refractivity contribution in [2.45, 2.75) is 44.7 Å². The topological polar surface area (TPSA) is 55.1 Å². The lowest BCUT2D eigenvalue weighted by molar-refractivity contribution is -0.123. The first-order valence-electron chi connectivity index (χ1n) is 6.90. The fourth-order valence-corrected chi connectivity index (χ4v) is 2.75. The minimum absolute atomic E-state index is 0.222. The maximum atomic E-state index is 14.0. The Bertz CT molecular complexity index is 442. The predicted octanol–water partition coefficient (Wildman–Crippen LogP) is 2.52. The van der Waals surface area contributed by atoms with E-state index in [1.54, 1.807) is 25.1 Å². The number of carbonyl (C=O) groups excluding carboxylic acids is 1. The van der Waals surface area contributed by atoms with Gasteiger partial charge in [0.15, 0.2) is 0 Å². The van der Waals surface area contributed by atoms with Gasteiger partial charge < -0.3 is 11.1 Å². The molecule has 1 aromatic carbocycles. The molecule has 19 heavy (non-hydrogen) atoms. The van der Waals surface area contributed by atoms with Gasteiger partial charge in [0.05, 0.1) is 12.1 Å². The van der Waals surface area contributed by atoms with Gasteiger partial charge in [0.2, 0.25) is 5.91 Å². The van der Waals surface area contributed by atoms with Crippen LogP contribution in [-0.2, 0) is 4.79 Å². The lowest BCUT2D eigenvalue weighted by Crippen LogP contribution is -2.42. The molecular weight excluding hydrogens is 243 g/mol. The van der Waals surface area contributed by atoms with E-state index in [4.69, 9.17) is 5.73 Å². The minimum atomic E-state index is -0.573. The molecule has 1 saturated carbocycles. The number of hydrogen-bond acceptors (Lipinski definition) is 2. The highest BCUT2D eigenvalue weighted by Crippen LogP contribution is 2.36. The van der Waals surface area contributed by atoms with Crippen molar-refractivity contribution in [3.05, 3.63) is 35.6 Å². The van der Waals surface area contributed by atoms with Crippen molar-refractivity contribution in [3.63, 3.8) is 0 Å². The summed E-state index contributed by atoms with van der Waals surface area (Å²) in [6, 6.07) is 5.82. The molecule has 1 fully saturated rings. The van der Waals surface area contributed by atoms with Crippen molar-refractivity contribution in [2.24, 2.45) is 11.7 Å². The Hall–Kier alpha value is -1.42. The Balaban J connectivity index is 2.23. The Morgan fingerprint density at radius 1 is 1.37 bits per heavy atom. The normalized spacial score (nSPS) is 19.1. The van der Waals surface area contributed by atoms with E-state index in [9.17, 15) is 9.18 Å². The zero-order valence-electron chi connectivity index (χ0n) is 11.2. The molecule has 2 atom stereocenters. The van der Waals surface area contributed by atoms with E-state index < -0.39 is 6.04 Å². The molecule has 0 radical (unpaired) electrons. The van der Waals surface area contributed by atoms with Crippen molar-refractivity contribution >= 4 is 5.91 Å². The third-order valence-electron chi connectivity index (χ3n) is 3.82. The van der Waals surface area contributed by atoms with E-state index in [0.717, 1.165) is 25.7 Å². The molecule has 0 spiro atoms. The van der Waals surface area contributed by atoms with E-state index in [1.807, 2.05) is 0 Å². The fraction of sp³-hybridized carbons (Fsp3) is 0.533. The lowest BCUT2D eigenvalue weighted by atomic mass is 9.91. The number of amides is 1. The van der Waals surface area contributed by atoms with Crippen molar-refractivity contribution in [1.29, 1.82) is 0 Å². The average Bonchev–Trinajstić information content (AvgIpc) is 2.90. The Kier molecular flexibility index (Phi) is 4.53. The first-order chi connectivity index (χ1) is 9.09. The summed E-state index contributed by atoms with van der Waals surface area (Å²) >= 11 is 0. The van der Waals surface area contributed by atoms with Crippen LogP contribution in [0.1, 0.15) is 44.2 Å². The molecular formula is C15H21FN2O. The zero-order chi connectivity index (χ0) is 13.8. The van der Waals surface area contributed by atoms with E-state index in [-0.39, 0.29) is 17.8 Å². The third-order valence-corrected chi connectivity index (χ3v) is 3.82. The van der Waals surface area contributed by atoms with Gasteiger partial charge in [-0.15, -0.1) is 0 Å². The van der Waals surface area contributed by atoms with Crippen LogP contribution >= 0.6 is 0 Å². The molecule has 3 N–H and O–H groups in total. The highest BCUT2D eigenvalue weighted by Gasteiger charge is 2.29. The lowest BCUT2D eigenvalue weighted by Gasteiger charge is -2.26. The molecule has 1 unspecified atom stereocenters. The maximum absolute atomic E-state index is 14.0. The zero-order valence-corrected chi connectivity index (χ0v) is 11.2. The van der Waals surface area contributed by atoms with Crippen molar-refractivity contribution in [1.82, 2.24) is 5.32 Å². The molecule has 0 saturated heterocycles. The monoisotopic (exact) mass is 264 g/mol. The molecule has 3 nitrogen and oxygen atoms in total. The molecule has 1 aromatic rings. The summed E-state index contributed by atoms with van der Waals surface area (Å²) in [5, 5.41) is 2.91. The molecule has 104 valence electrons. The summed E-state index contributed by atoms with van der Waals surface area (Å²) in [6.07, 6.45) is 4.34. The van der Waals surface area contributed by atoms with E-state index >= 15 is 0 Å². The second kappa shape index (κ2) is 6.15. The summed E-state index contributed by atoms with van der Waals surface area (Å²) in [5.74, 6) is -0.177.